The lowest BCUT2D eigenvalue weighted by Gasteiger charge is -2.19. The summed E-state index contributed by atoms with van der Waals surface area (Å²) in [6.45, 7) is 7.38. The van der Waals surface area contributed by atoms with E-state index in [0.29, 0.717) is 0 Å². The van der Waals surface area contributed by atoms with Gasteiger partial charge in [0.1, 0.15) is 0 Å². The van der Waals surface area contributed by atoms with Gasteiger partial charge in [0, 0.05) is 12.1 Å². The molecule has 0 unspecified atom stereocenters. The smallest absolute Gasteiger partial charge is 0.251 e. The molecule has 0 radical (unpaired) electrons. The van der Waals surface area contributed by atoms with Crippen LogP contribution in [-0.4, -0.2) is 12.5 Å². The normalized spacial score (nSPS) is 17.0. The highest BCUT2D eigenvalue weighted by atomic mass is 16.1. The van der Waals surface area contributed by atoms with Gasteiger partial charge in [0.05, 0.1) is 0 Å². The molecule has 22 heavy (non-hydrogen) atoms. The molecule has 0 heterocycles. The van der Waals surface area contributed by atoms with E-state index in [2.05, 4.69) is 38.2 Å². The van der Waals surface area contributed by atoms with Crippen LogP contribution in [0, 0.1) is 5.92 Å². The van der Waals surface area contributed by atoms with Crippen molar-refractivity contribution >= 4 is 5.91 Å². The van der Waals surface area contributed by atoms with Crippen molar-refractivity contribution < 1.29 is 4.79 Å². The van der Waals surface area contributed by atoms with Gasteiger partial charge in [-0.3, -0.25) is 4.79 Å². The molecule has 1 saturated carbocycles. The van der Waals surface area contributed by atoms with E-state index in [4.69, 9.17) is 0 Å². The van der Waals surface area contributed by atoms with E-state index in [1.807, 2.05) is 12.1 Å². The molecule has 0 spiro atoms. The number of nitrogens with one attached hydrogen (secondary N) is 1. The van der Waals surface area contributed by atoms with Gasteiger partial charge < -0.3 is 5.32 Å². The Balaban J connectivity index is 1.79. The molecule has 0 atom stereocenters. The average molecular weight is 301 g/mol. The minimum absolute atomic E-state index is 0.0640. The van der Waals surface area contributed by atoms with Crippen molar-refractivity contribution in [2.75, 3.05) is 6.54 Å². The summed E-state index contributed by atoms with van der Waals surface area (Å²) < 4.78 is 0. The second-order valence-corrected chi connectivity index (χ2v) is 7.73. The largest absolute Gasteiger partial charge is 0.352 e. The van der Waals surface area contributed by atoms with Crippen LogP contribution in [0.15, 0.2) is 24.3 Å². The Morgan fingerprint density at radius 1 is 1.05 bits per heavy atom. The van der Waals surface area contributed by atoms with Gasteiger partial charge >= 0.3 is 0 Å². The van der Waals surface area contributed by atoms with Gasteiger partial charge in [-0.1, -0.05) is 71.4 Å². The topological polar surface area (TPSA) is 29.1 Å². The molecular formula is C20H31NO. The van der Waals surface area contributed by atoms with Crippen molar-refractivity contribution in [2.24, 2.45) is 5.92 Å². The van der Waals surface area contributed by atoms with Crippen molar-refractivity contribution in [2.45, 2.75) is 71.1 Å². The van der Waals surface area contributed by atoms with Crippen LogP contribution in [0.4, 0.5) is 0 Å². The molecule has 0 saturated heterocycles. The Bertz CT molecular complexity index is 461. The van der Waals surface area contributed by atoms with E-state index in [0.717, 1.165) is 24.4 Å². The number of hydrogen-bond acceptors (Lipinski definition) is 1. The third-order valence-electron chi connectivity index (χ3n) is 4.83. The van der Waals surface area contributed by atoms with E-state index in [1.54, 1.807) is 0 Å². The zero-order valence-electron chi connectivity index (χ0n) is 14.5. The molecule has 1 aliphatic rings. The van der Waals surface area contributed by atoms with Gasteiger partial charge in [-0.15, -0.1) is 0 Å². The molecule has 1 fully saturated rings. The maximum Gasteiger partial charge on any atom is 0.251 e. The van der Waals surface area contributed by atoms with Gasteiger partial charge in [-0.25, -0.2) is 0 Å². The fourth-order valence-corrected chi connectivity index (χ4v) is 3.27. The van der Waals surface area contributed by atoms with Crippen LogP contribution in [0.2, 0.25) is 0 Å². The SMILES string of the molecule is CC(C)(C)c1ccc(C(=O)NCCC2CCCCCC2)cc1. The lowest BCUT2D eigenvalue weighted by Crippen LogP contribution is -2.26. The van der Waals surface area contributed by atoms with Crippen molar-refractivity contribution in [3.63, 3.8) is 0 Å². The highest BCUT2D eigenvalue weighted by Gasteiger charge is 2.15. The molecule has 0 bridgehead atoms. The molecule has 2 nitrogen and oxygen atoms in total. The molecule has 0 aromatic heterocycles. The summed E-state index contributed by atoms with van der Waals surface area (Å²) in [5.41, 5.74) is 2.17. The second kappa shape index (κ2) is 7.80. The zero-order chi connectivity index (χ0) is 16.0. The zero-order valence-corrected chi connectivity index (χ0v) is 14.5. The van der Waals surface area contributed by atoms with Gasteiger partial charge in [0.15, 0.2) is 0 Å². The van der Waals surface area contributed by atoms with E-state index in [1.165, 1.54) is 44.1 Å². The minimum Gasteiger partial charge on any atom is -0.352 e. The van der Waals surface area contributed by atoms with Crippen LogP contribution >= 0.6 is 0 Å². The quantitative estimate of drug-likeness (QED) is 0.772. The summed E-state index contributed by atoms with van der Waals surface area (Å²) in [5, 5.41) is 3.09. The first kappa shape index (κ1) is 17.1. The molecule has 1 aromatic carbocycles. The maximum atomic E-state index is 12.2. The molecule has 1 amide bonds. The number of rotatable bonds is 4. The number of hydrogen-bond donors (Lipinski definition) is 1. The lowest BCUT2D eigenvalue weighted by atomic mass is 9.86. The molecule has 122 valence electrons. The molecule has 2 heteroatoms. The summed E-state index contributed by atoms with van der Waals surface area (Å²) >= 11 is 0. The van der Waals surface area contributed by atoms with Gasteiger partial charge in [-0.2, -0.15) is 0 Å². The van der Waals surface area contributed by atoms with Gasteiger partial charge in [-0.05, 0) is 35.4 Å². The lowest BCUT2D eigenvalue weighted by molar-refractivity contribution is 0.0951. The predicted molar refractivity (Wildman–Crippen MR) is 93.3 cm³/mol. The summed E-state index contributed by atoms with van der Waals surface area (Å²) in [6, 6.07) is 8.03. The number of benzene rings is 1. The predicted octanol–water partition coefficient (Wildman–Crippen LogP) is 5.07. The third-order valence-corrected chi connectivity index (χ3v) is 4.83. The van der Waals surface area contributed by atoms with Crippen LogP contribution in [0.25, 0.3) is 0 Å². The number of carbonyl (C=O) groups is 1. The Labute approximate surface area is 135 Å². The molecule has 0 aliphatic heterocycles. The van der Waals surface area contributed by atoms with E-state index < -0.39 is 0 Å². The Hall–Kier alpha value is -1.31. The Kier molecular flexibility index (Phi) is 6.05. The first-order valence-corrected chi connectivity index (χ1v) is 8.85. The molecule has 1 aliphatic carbocycles. The highest BCUT2D eigenvalue weighted by Crippen LogP contribution is 2.25. The second-order valence-electron chi connectivity index (χ2n) is 7.73. The van der Waals surface area contributed by atoms with Gasteiger partial charge in [0.2, 0.25) is 0 Å². The van der Waals surface area contributed by atoms with Crippen molar-refractivity contribution in [3.8, 4) is 0 Å². The third kappa shape index (κ3) is 5.15. The van der Waals surface area contributed by atoms with Crippen molar-refractivity contribution in [1.29, 1.82) is 0 Å². The van der Waals surface area contributed by atoms with Crippen LogP contribution < -0.4 is 5.32 Å². The highest BCUT2D eigenvalue weighted by molar-refractivity contribution is 5.94. The molecule has 2 rings (SSSR count). The number of amides is 1. The van der Waals surface area contributed by atoms with E-state index in [9.17, 15) is 4.79 Å². The van der Waals surface area contributed by atoms with E-state index in [-0.39, 0.29) is 11.3 Å². The summed E-state index contributed by atoms with van der Waals surface area (Å²) in [6.07, 6.45) is 9.34. The monoisotopic (exact) mass is 301 g/mol. The van der Waals surface area contributed by atoms with Crippen LogP contribution in [0.5, 0.6) is 0 Å². The fraction of sp³-hybridized carbons (Fsp3) is 0.650. The molecular weight excluding hydrogens is 270 g/mol. The van der Waals surface area contributed by atoms with Crippen LogP contribution in [0.1, 0.15) is 81.6 Å². The summed E-state index contributed by atoms with van der Waals surface area (Å²) in [7, 11) is 0. The average Bonchev–Trinajstić information content (AvgIpc) is 2.75. The standard InChI is InChI=1S/C20H31NO/c1-20(2,3)18-12-10-17(11-13-18)19(22)21-15-14-16-8-6-4-5-7-9-16/h10-13,16H,4-9,14-15H2,1-3H3,(H,21,22). The van der Waals surface area contributed by atoms with Crippen molar-refractivity contribution in [1.82, 2.24) is 5.32 Å². The maximum absolute atomic E-state index is 12.2. The molecule has 1 aromatic rings. The first-order valence-electron chi connectivity index (χ1n) is 8.85. The van der Waals surface area contributed by atoms with Crippen molar-refractivity contribution in [3.05, 3.63) is 35.4 Å². The van der Waals surface area contributed by atoms with Crippen LogP contribution in [0.3, 0.4) is 0 Å². The summed E-state index contributed by atoms with van der Waals surface area (Å²) in [4.78, 5) is 12.2. The molecule has 1 N–H and O–H groups in total. The Morgan fingerprint density at radius 2 is 1.64 bits per heavy atom. The fourth-order valence-electron chi connectivity index (χ4n) is 3.27. The summed E-state index contributed by atoms with van der Waals surface area (Å²) in [5.74, 6) is 0.875. The Morgan fingerprint density at radius 3 is 2.18 bits per heavy atom. The van der Waals surface area contributed by atoms with Gasteiger partial charge in [0.25, 0.3) is 5.91 Å². The van der Waals surface area contributed by atoms with E-state index >= 15 is 0 Å². The number of carbonyl (C=O) groups excluding carboxylic acids is 1. The first-order chi connectivity index (χ1) is 10.5. The minimum atomic E-state index is 0.0640. The van der Waals surface area contributed by atoms with Crippen LogP contribution in [-0.2, 0) is 5.41 Å².